The zero-order valence-corrected chi connectivity index (χ0v) is 50.6. The monoisotopic (exact) mass is 1240 g/mol. The number of nitrogens with zero attached hydrogens (tertiary/aromatic N) is 6. The molecular weight excluding hydrogens is 1180 g/mol. The highest BCUT2D eigenvalue weighted by molar-refractivity contribution is 5.90. The minimum Gasteiger partial charge on any atom is -0.495 e. The van der Waals surface area contributed by atoms with Crippen LogP contribution in [0.25, 0.3) is 0 Å². The smallest absolute Gasteiger partial charge is 0.299 e. The predicted molar refractivity (Wildman–Crippen MR) is 339 cm³/mol. The average Bonchev–Trinajstić information content (AvgIpc) is 0.857. The lowest BCUT2D eigenvalue weighted by atomic mass is 10.1. The van der Waals surface area contributed by atoms with Gasteiger partial charge in [-0.1, -0.05) is 79.7 Å². The van der Waals surface area contributed by atoms with E-state index in [1.54, 1.807) is 48.5 Å². The average molecular weight is 1240 g/mol. The molecule has 474 valence electrons. The second kappa shape index (κ2) is 29.3. The third kappa shape index (κ3) is 16.5. The first-order chi connectivity index (χ1) is 42.7. The van der Waals surface area contributed by atoms with E-state index < -0.39 is 63.7 Å². The molecule has 0 aliphatic rings. The summed E-state index contributed by atoms with van der Waals surface area (Å²) in [5.74, 6) is 0.404. The van der Waals surface area contributed by atoms with Crippen LogP contribution in [-0.2, 0) is 0 Å². The molecule has 0 unspecified atom stereocenters. The molecule has 0 radical (unpaired) electrons. The topological polar surface area (TPSA) is 386 Å². The van der Waals surface area contributed by atoms with Crippen LogP contribution in [0.4, 0.5) is 102 Å². The molecule has 7 aromatic rings. The van der Waals surface area contributed by atoms with Crippen molar-refractivity contribution < 1.29 is 58.0 Å². The Labute approximate surface area is 514 Å². The highest BCUT2D eigenvalue weighted by Gasteiger charge is 2.32. The molecule has 0 aliphatic heterocycles. The summed E-state index contributed by atoms with van der Waals surface area (Å²) in [6.07, 6.45) is 0. The van der Waals surface area contributed by atoms with E-state index in [9.17, 15) is 60.7 Å². The minimum atomic E-state index is -0.863. The summed E-state index contributed by atoms with van der Waals surface area (Å²) in [7, 11) is 2.78. The van der Waals surface area contributed by atoms with E-state index in [0.717, 1.165) is 30.3 Å². The van der Waals surface area contributed by atoms with Crippen molar-refractivity contribution in [1.29, 1.82) is 0 Å². The van der Waals surface area contributed by atoms with Gasteiger partial charge in [0, 0.05) is 12.1 Å². The van der Waals surface area contributed by atoms with Gasteiger partial charge in [0.1, 0.15) is 68.6 Å². The Morgan fingerprint density at radius 1 is 0.289 bits per heavy atom. The van der Waals surface area contributed by atoms with E-state index in [0.29, 0.717) is 17.6 Å². The van der Waals surface area contributed by atoms with Crippen LogP contribution in [0.5, 0.6) is 34.5 Å². The molecule has 0 heterocycles. The van der Waals surface area contributed by atoms with Crippen LogP contribution >= 0.6 is 0 Å². The van der Waals surface area contributed by atoms with Crippen molar-refractivity contribution in [2.24, 2.45) is 23.7 Å². The number of nitro groups is 6. The molecule has 90 heavy (non-hydrogen) atoms. The Kier molecular flexibility index (Phi) is 21.5. The third-order valence-corrected chi connectivity index (χ3v) is 12.8. The lowest BCUT2D eigenvalue weighted by Gasteiger charge is -2.22. The van der Waals surface area contributed by atoms with Crippen molar-refractivity contribution in [3.8, 4) is 34.5 Å². The normalized spacial score (nSPS) is 11.0. The second-order valence-corrected chi connectivity index (χ2v) is 21.9. The molecule has 0 saturated heterocycles. The number of hydrogen-bond acceptors (Lipinski definition) is 24. The van der Waals surface area contributed by atoms with Crippen molar-refractivity contribution in [2.75, 3.05) is 72.5 Å². The van der Waals surface area contributed by atoms with Gasteiger partial charge in [-0.2, -0.15) is 0 Å². The standard InChI is InChI=1S/C60H66N12O18/c1-33(2)29-87-57-27-59(89-31-35(5)6)47(22-45(57)63-41-19-39(49(67(73)74)24-51(41)69(77)78)61-37-15-11-13-17-55(37)85-9)65-43-21-44(54(72(83)84)26-53(43)71(81)82)66-48-23-46(58(88-30-34(3)4)28-60(48)90-32-36(7)8)64-42-20-40(50(68(75)76)25-52(42)70(79)80)62-38-16-12-14-18-56(38)86-10/h11-28,33-36,61-66H,29-32H2,1-10H3. The van der Waals surface area contributed by atoms with E-state index >= 15 is 0 Å². The number of rotatable bonds is 32. The number of nitrogens with one attached hydrogen (secondary N) is 6. The van der Waals surface area contributed by atoms with Gasteiger partial charge in [0.25, 0.3) is 34.1 Å². The van der Waals surface area contributed by atoms with Crippen molar-refractivity contribution >= 4 is 102 Å². The van der Waals surface area contributed by atoms with E-state index in [1.165, 1.54) is 38.5 Å². The summed E-state index contributed by atoms with van der Waals surface area (Å²) < 4.78 is 36.0. The lowest BCUT2D eigenvalue weighted by Crippen LogP contribution is -2.11. The zero-order chi connectivity index (χ0) is 65.7. The molecule has 0 bridgehead atoms. The van der Waals surface area contributed by atoms with Crippen LogP contribution in [-0.4, -0.2) is 70.2 Å². The van der Waals surface area contributed by atoms with Crippen molar-refractivity contribution in [1.82, 2.24) is 0 Å². The molecule has 0 atom stereocenters. The maximum Gasteiger partial charge on any atom is 0.299 e. The molecule has 30 nitrogen and oxygen atoms in total. The number of anilines is 12. The van der Waals surface area contributed by atoms with Gasteiger partial charge in [-0.05, 0) is 78.3 Å². The molecule has 0 saturated carbocycles. The number of hydrogen-bond donors (Lipinski definition) is 6. The van der Waals surface area contributed by atoms with Gasteiger partial charge in [-0.15, -0.1) is 0 Å². The van der Waals surface area contributed by atoms with Crippen molar-refractivity contribution in [3.05, 3.63) is 170 Å². The minimum absolute atomic E-state index is 0.0131. The largest absolute Gasteiger partial charge is 0.495 e. The molecule has 7 aromatic carbocycles. The second-order valence-electron chi connectivity index (χ2n) is 21.9. The highest BCUT2D eigenvalue weighted by atomic mass is 16.6. The number of para-hydroxylation sites is 4. The maximum atomic E-state index is 13.1. The number of methoxy groups -OCH3 is 2. The number of ether oxygens (including phenoxy) is 6. The van der Waals surface area contributed by atoms with Gasteiger partial charge in [0.05, 0.1) is 123 Å². The number of nitro benzene ring substituents is 6. The van der Waals surface area contributed by atoms with Crippen LogP contribution in [0, 0.1) is 84.4 Å². The van der Waals surface area contributed by atoms with E-state index in [4.69, 9.17) is 28.4 Å². The summed E-state index contributed by atoms with van der Waals surface area (Å²) in [5, 5.41) is 94.6. The van der Waals surface area contributed by atoms with Gasteiger partial charge < -0.3 is 60.3 Å². The lowest BCUT2D eigenvalue weighted by molar-refractivity contribution is -0.393. The van der Waals surface area contributed by atoms with Crippen LogP contribution in [0.15, 0.2) is 109 Å². The molecule has 0 spiro atoms. The molecule has 0 aliphatic carbocycles. The SMILES string of the molecule is COc1ccccc1Nc1cc(Nc2cc(Nc3cc(Nc4cc(Nc5cc(Nc6ccccc6OC)c([N+](=O)[O-])cc5[N+](=O)[O-])c(OCC(C)C)cc4OCC(C)C)c([N+](=O)[O-])cc3[N+](=O)[O-])c(OCC(C)C)cc2OCC(C)C)c([N+](=O)[O-])cc1[N+](=O)[O-]. The quantitative estimate of drug-likeness (QED) is 0.0168. The van der Waals surface area contributed by atoms with E-state index in [1.807, 2.05) is 55.4 Å². The van der Waals surface area contributed by atoms with Crippen molar-refractivity contribution in [2.45, 2.75) is 55.4 Å². The highest BCUT2D eigenvalue weighted by Crippen LogP contribution is 2.49. The molecule has 7 rings (SSSR count). The first-order valence-corrected chi connectivity index (χ1v) is 27.9. The van der Waals surface area contributed by atoms with E-state index in [2.05, 4.69) is 31.9 Å². The molecule has 0 fully saturated rings. The predicted octanol–water partition coefficient (Wildman–Crippen LogP) is 15.8. The van der Waals surface area contributed by atoms with Crippen LogP contribution < -0.4 is 60.3 Å². The molecule has 0 amide bonds. The third-order valence-electron chi connectivity index (χ3n) is 12.8. The van der Waals surface area contributed by atoms with Crippen molar-refractivity contribution in [3.63, 3.8) is 0 Å². The Morgan fingerprint density at radius 3 is 0.689 bits per heavy atom. The van der Waals surface area contributed by atoms with Crippen LogP contribution in [0.1, 0.15) is 55.4 Å². The first kappa shape index (κ1) is 66.1. The first-order valence-electron chi connectivity index (χ1n) is 27.9. The van der Waals surface area contributed by atoms with Gasteiger partial charge in [-0.3, -0.25) is 60.7 Å². The van der Waals surface area contributed by atoms with Crippen LogP contribution in [0.3, 0.4) is 0 Å². The Morgan fingerprint density at radius 2 is 0.489 bits per heavy atom. The van der Waals surface area contributed by atoms with Gasteiger partial charge in [0.2, 0.25) is 0 Å². The molecule has 6 N–H and O–H groups in total. The summed E-state index contributed by atoms with van der Waals surface area (Å²) in [4.78, 5) is 71.8. The summed E-state index contributed by atoms with van der Waals surface area (Å²) >= 11 is 0. The fourth-order valence-corrected chi connectivity index (χ4v) is 8.62. The Bertz CT molecular complexity index is 3620. The summed E-state index contributed by atoms with van der Waals surface area (Å²) in [6.45, 7) is 15.2. The fraction of sp³-hybridized carbons (Fsp3) is 0.300. The Hall–Kier alpha value is -11.5. The van der Waals surface area contributed by atoms with Gasteiger partial charge in [-0.25, -0.2) is 0 Å². The molecule has 0 aromatic heterocycles. The van der Waals surface area contributed by atoms with Gasteiger partial charge >= 0.3 is 0 Å². The summed E-state index contributed by atoms with van der Waals surface area (Å²) in [6, 6.07) is 24.2. The Balaban J connectivity index is 1.42. The van der Waals surface area contributed by atoms with Crippen LogP contribution in [0.2, 0.25) is 0 Å². The number of benzene rings is 7. The molecular formula is C60H66N12O18. The van der Waals surface area contributed by atoms with E-state index in [-0.39, 0.29) is 141 Å². The molecule has 30 heteroatoms. The fourth-order valence-electron chi connectivity index (χ4n) is 8.62. The zero-order valence-electron chi connectivity index (χ0n) is 50.6. The summed E-state index contributed by atoms with van der Waals surface area (Å²) in [5.41, 5.74) is -5.61. The maximum absolute atomic E-state index is 13.1. The van der Waals surface area contributed by atoms with Gasteiger partial charge in [0.15, 0.2) is 0 Å².